The van der Waals surface area contributed by atoms with Crippen molar-refractivity contribution < 1.29 is 67.4 Å². The standard InChI is InChI=1S/C14H23N3O8S2.C6H5NO4.C5H13NO5S2/c1-15(26(3,20)21)7-9-24-13-6-5-12(17(18)19)11-14(13)25-10-8-16(2)27(4,22)23;8-5-2-1-4(7(10)11)3-6(5)9;1-6(13(3,8)9)4-5-11-12(7)10-2/h5-6,11H,7-10H2,1-4H3;1-3,8-9H;4-5H2,1-3H3. The molecule has 0 fully saturated rings. The molecule has 0 aliphatic heterocycles. The van der Waals surface area contributed by atoms with Gasteiger partial charge in [-0.3, -0.25) is 28.6 Å². The van der Waals surface area contributed by atoms with E-state index in [0.717, 1.165) is 55.9 Å². The van der Waals surface area contributed by atoms with Crippen molar-refractivity contribution >= 4 is 52.8 Å². The summed E-state index contributed by atoms with van der Waals surface area (Å²) in [5.41, 5.74) is -0.470. The van der Waals surface area contributed by atoms with Gasteiger partial charge in [0.1, 0.15) is 13.2 Å². The maximum atomic E-state index is 11.4. The molecule has 0 radical (unpaired) electrons. The third-order valence-electron chi connectivity index (χ3n) is 6.06. The second-order valence-corrected chi connectivity index (χ2v) is 17.2. The summed E-state index contributed by atoms with van der Waals surface area (Å²) in [4.78, 5) is 19.8. The van der Waals surface area contributed by atoms with Crippen LogP contribution in [0.1, 0.15) is 0 Å². The zero-order valence-electron chi connectivity index (χ0n) is 28.6. The van der Waals surface area contributed by atoms with Crippen molar-refractivity contribution in [2.24, 2.45) is 0 Å². The van der Waals surface area contributed by atoms with Gasteiger partial charge in [-0.2, -0.15) is 4.21 Å². The predicted molar refractivity (Wildman–Crippen MR) is 184 cm³/mol. The molecule has 1 atom stereocenters. The first-order valence-electron chi connectivity index (χ1n) is 13.8. The Morgan fingerprint density at radius 3 is 1.45 bits per heavy atom. The Balaban J connectivity index is 0.000000858. The van der Waals surface area contributed by atoms with Crippen molar-refractivity contribution in [2.45, 2.75) is 0 Å². The lowest BCUT2D eigenvalue weighted by Gasteiger charge is -2.17. The molecule has 0 saturated carbocycles. The summed E-state index contributed by atoms with van der Waals surface area (Å²) in [5.74, 6) is -0.604. The lowest BCUT2D eigenvalue weighted by atomic mass is 10.3. The first-order valence-corrected chi connectivity index (χ1v) is 20.4. The number of likely N-dealkylation sites (N-methyl/N-ethyl adjacent to an activating group) is 3. The van der Waals surface area contributed by atoms with Crippen LogP contribution in [-0.2, 0) is 49.8 Å². The van der Waals surface area contributed by atoms with Gasteiger partial charge in [0.2, 0.25) is 30.1 Å². The summed E-state index contributed by atoms with van der Waals surface area (Å²) in [6.07, 6.45) is 3.19. The molecule has 0 saturated heterocycles. The van der Waals surface area contributed by atoms with Crippen LogP contribution in [-0.4, -0.2) is 149 Å². The Hall–Kier alpha value is -3.76. The lowest BCUT2D eigenvalue weighted by Crippen LogP contribution is -2.30. The molecule has 0 aromatic heterocycles. The smallest absolute Gasteiger partial charge is 0.304 e. The van der Waals surface area contributed by atoms with Crippen LogP contribution in [0.3, 0.4) is 0 Å². The van der Waals surface area contributed by atoms with Gasteiger partial charge in [-0.25, -0.2) is 38.2 Å². The van der Waals surface area contributed by atoms with Crippen molar-refractivity contribution in [2.75, 3.05) is 86.5 Å². The van der Waals surface area contributed by atoms with E-state index in [9.17, 15) is 49.7 Å². The van der Waals surface area contributed by atoms with E-state index >= 15 is 0 Å². The highest BCUT2D eigenvalue weighted by atomic mass is 32.2. The zero-order chi connectivity index (χ0) is 39.7. The molecule has 0 spiro atoms. The van der Waals surface area contributed by atoms with Crippen molar-refractivity contribution in [3.63, 3.8) is 0 Å². The summed E-state index contributed by atoms with van der Waals surface area (Å²) in [7, 11) is -4.50. The van der Waals surface area contributed by atoms with Gasteiger partial charge in [-0.15, -0.1) is 0 Å². The molecule has 0 aliphatic rings. The highest BCUT2D eigenvalue weighted by molar-refractivity contribution is 7.88. The number of nitrogens with zero attached hydrogens (tertiary/aromatic N) is 5. The maximum absolute atomic E-state index is 11.4. The van der Waals surface area contributed by atoms with E-state index in [4.69, 9.17) is 19.7 Å². The van der Waals surface area contributed by atoms with Crippen molar-refractivity contribution in [3.8, 4) is 23.0 Å². The number of benzene rings is 2. The highest BCUT2D eigenvalue weighted by Gasteiger charge is 2.17. The predicted octanol–water partition coefficient (Wildman–Crippen LogP) is 0.261. The topological polar surface area (TPSA) is 293 Å². The monoisotopic (exact) mass is 811 g/mol. The molecule has 22 nitrogen and oxygen atoms in total. The minimum absolute atomic E-state index is 0.000975. The summed E-state index contributed by atoms with van der Waals surface area (Å²) < 4.78 is 101. The molecule has 51 heavy (non-hydrogen) atoms. The van der Waals surface area contributed by atoms with Gasteiger partial charge in [0, 0.05) is 52.9 Å². The molecule has 2 rings (SSSR count). The molecular formula is C25H41N5O17S4. The molecule has 292 valence electrons. The number of nitro benzene ring substituents is 2. The van der Waals surface area contributed by atoms with E-state index in [1.54, 1.807) is 0 Å². The highest BCUT2D eigenvalue weighted by Crippen LogP contribution is 2.31. The number of hydrogen-bond acceptors (Lipinski definition) is 17. The van der Waals surface area contributed by atoms with Crippen molar-refractivity contribution in [3.05, 3.63) is 56.6 Å². The number of phenols is 2. The largest absolute Gasteiger partial charge is 0.504 e. The Bertz CT molecular complexity index is 1810. The number of hydrogen-bond donors (Lipinski definition) is 2. The lowest BCUT2D eigenvalue weighted by molar-refractivity contribution is -0.385. The molecular weight excluding hydrogens is 771 g/mol. The number of aromatic hydroxyl groups is 2. The molecule has 2 aromatic rings. The number of phenolic OH excluding ortho intramolecular Hbond substituents is 2. The Morgan fingerprint density at radius 1 is 0.667 bits per heavy atom. The fourth-order valence-corrected chi connectivity index (χ4v) is 4.34. The molecule has 0 amide bonds. The van der Waals surface area contributed by atoms with Crippen LogP contribution in [0, 0.1) is 20.2 Å². The minimum Gasteiger partial charge on any atom is -0.504 e. The van der Waals surface area contributed by atoms with Crippen LogP contribution in [0.2, 0.25) is 0 Å². The SMILES string of the molecule is CN(CCOc1ccc([N+](=O)[O-])cc1OCCN(C)S(C)(=O)=O)S(C)(=O)=O.COS(=O)OCCN(C)S(C)(=O)=O.O=[N+]([O-])c1ccc(O)c(O)c1. The van der Waals surface area contributed by atoms with Gasteiger partial charge < -0.3 is 19.7 Å². The summed E-state index contributed by atoms with van der Waals surface area (Å²) in [6.45, 7) is 0.243. The average Bonchev–Trinajstić information content (AvgIpc) is 3.01. The number of ether oxygens (including phenoxy) is 2. The second kappa shape index (κ2) is 21.6. The fourth-order valence-electron chi connectivity index (χ4n) is 2.82. The molecule has 0 aliphatic carbocycles. The van der Waals surface area contributed by atoms with E-state index in [0.29, 0.717) is 0 Å². The van der Waals surface area contributed by atoms with Gasteiger partial charge in [-0.1, -0.05) is 0 Å². The van der Waals surface area contributed by atoms with E-state index in [-0.39, 0.29) is 68.1 Å². The quantitative estimate of drug-likeness (QED) is 0.116. The normalized spacial score (nSPS) is 12.4. The van der Waals surface area contributed by atoms with Crippen LogP contribution in [0.15, 0.2) is 36.4 Å². The average molecular weight is 812 g/mol. The zero-order valence-corrected chi connectivity index (χ0v) is 31.9. The van der Waals surface area contributed by atoms with Gasteiger partial charge in [0.05, 0.1) is 54.5 Å². The summed E-state index contributed by atoms with van der Waals surface area (Å²) in [5, 5.41) is 38.6. The van der Waals surface area contributed by atoms with Crippen LogP contribution in [0.4, 0.5) is 11.4 Å². The van der Waals surface area contributed by atoms with E-state index in [1.165, 1.54) is 40.4 Å². The molecule has 26 heteroatoms. The molecule has 0 bridgehead atoms. The van der Waals surface area contributed by atoms with Crippen molar-refractivity contribution in [1.82, 2.24) is 12.9 Å². The Kier molecular flexibility index (Phi) is 20.0. The van der Waals surface area contributed by atoms with Gasteiger partial charge >= 0.3 is 11.4 Å². The fraction of sp³-hybridized carbons (Fsp3) is 0.520. The van der Waals surface area contributed by atoms with Crippen LogP contribution < -0.4 is 9.47 Å². The molecule has 0 heterocycles. The minimum atomic E-state index is -3.38. The van der Waals surface area contributed by atoms with Gasteiger partial charge in [0.15, 0.2) is 23.0 Å². The van der Waals surface area contributed by atoms with E-state index < -0.39 is 57.0 Å². The van der Waals surface area contributed by atoms with Crippen LogP contribution >= 0.6 is 0 Å². The first kappa shape index (κ1) is 47.2. The molecule has 1 unspecified atom stereocenters. The van der Waals surface area contributed by atoms with Crippen LogP contribution in [0.5, 0.6) is 23.0 Å². The van der Waals surface area contributed by atoms with Gasteiger partial charge in [-0.05, 0) is 12.1 Å². The number of non-ortho nitro benzene ring substituents is 2. The third kappa shape index (κ3) is 19.4. The van der Waals surface area contributed by atoms with Crippen LogP contribution in [0.25, 0.3) is 0 Å². The number of nitro groups is 2. The Morgan fingerprint density at radius 2 is 1.06 bits per heavy atom. The summed E-state index contributed by atoms with van der Waals surface area (Å²) in [6, 6.07) is 6.78. The maximum Gasteiger partial charge on any atom is 0.304 e. The number of sulfonamides is 3. The van der Waals surface area contributed by atoms with E-state index in [2.05, 4.69) is 8.37 Å². The van der Waals surface area contributed by atoms with Gasteiger partial charge in [0.25, 0.3) is 11.4 Å². The van der Waals surface area contributed by atoms with Crippen molar-refractivity contribution in [1.29, 1.82) is 0 Å². The molecule has 2 aromatic carbocycles. The Labute approximate surface area is 298 Å². The van der Waals surface area contributed by atoms with E-state index in [1.807, 2.05) is 0 Å². The molecule has 2 N–H and O–H groups in total. The second-order valence-electron chi connectivity index (χ2n) is 9.96. The summed E-state index contributed by atoms with van der Waals surface area (Å²) >= 11 is -1.79. The number of rotatable bonds is 18. The third-order valence-corrected chi connectivity index (χ3v) is 10.6. The first-order chi connectivity index (χ1) is 23.3.